The topological polar surface area (TPSA) is 85.6 Å². The molecule has 1 N–H and O–H groups in total. The summed E-state index contributed by atoms with van der Waals surface area (Å²) in [5.41, 5.74) is 5.15. The van der Waals surface area contributed by atoms with Gasteiger partial charge in [0, 0.05) is 17.1 Å². The highest BCUT2D eigenvalue weighted by molar-refractivity contribution is 7.10. The molecule has 7 nitrogen and oxygen atoms in total. The molecule has 0 radical (unpaired) electrons. The molecular weight excluding hydrogens is 384 g/mol. The first-order valence-corrected chi connectivity index (χ1v) is 10.1. The molecule has 0 bridgehead atoms. The molecule has 0 saturated carbocycles. The molecule has 2 heterocycles. The lowest BCUT2D eigenvalue weighted by atomic mass is 10.1. The van der Waals surface area contributed by atoms with Gasteiger partial charge in [-0.2, -0.15) is 9.36 Å². The molecule has 4 rings (SSSR count). The van der Waals surface area contributed by atoms with Gasteiger partial charge < -0.3 is 0 Å². The van der Waals surface area contributed by atoms with Crippen LogP contribution in [0, 0.1) is 13.8 Å². The summed E-state index contributed by atoms with van der Waals surface area (Å²) in [7, 11) is 0. The van der Waals surface area contributed by atoms with Crippen LogP contribution in [0.5, 0.6) is 0 Å². The molecule has 0 atom stereocenters. The Morgan fingerprint density at radius 2 is 1.86 bits per heavy atom. The molecule has 2 aromatic carbocycles. The van der Waals surface area contributed by atoms with Crippen molar-refractivity contribution in [2.45, 2.75) is 27.2 Å². The Kier molecular flexibility index (Phi) is 5.18. The van der Waals surface area contributed by atoms with Crippen LogP contribution >= 0.6 is 11.5 Å². The predicted molar refractivity (Wildman–Crippen MR) is 114 cm³/mol. The fourth-order valence-corrected chi connectivity index (χ4v) is 3.58. The number of nitrogens with zero attached hydrogens (tertiary/aromatic N) is 5. The van der Waals surface area contributed by atoms with Crippen LogP contribution in [0.15, 0.2) is 48.5 Å². The summed E-state index contributed by atoms with van der Waals surface area (Å²) in [5, 5.41) is 11.7. The number of carbonyl (C=O) groups excluding carboxylic acids is 1. The molecule has 0 aliphatic heterocycles. The molecule has 2 aromatic heterocycles. The summed E-state index contributed by atoms with van der Waals surface area (Å²) in [5.74, 6) is 0.242. The second kappa shape index (κ2) is 7.92. The fraction of sp³-hybridized carbons (Fsp3) is 0.190. The molecule has 0 saturated heterocycles. The molecule has 146 valence electrons. The Morgan fingerprint density at radius 1 is 1.10 bits per heavy atom. The Hall–Kier alpha value is -3.39. The third-order valence-electron chi connectivity index (χ3n) is 4.73. The zero-order valence-corrected chi connectivity index (χ0v) is 17.2. The van der Waals surface area contributed by atoms with E-state index in [9.17, 15) is 4.79 Å². The van der Waals surface area contributed by atoms with Crippen molar-refractivity contribution in [2.24, 2.45) is 0 Å². The molecule has 0 aliphatic rings. The molecule has 29 heavy (non-hydrogen) atoms. The number of aryl methyl sites for hydroxylation is 2. The van der Waals surface area contributed by atoms with Crippen molar-refractivity contribution in [3.63, 3.8) is 0 Å². The standard InChI is InChI=1S/C21H20N6OS/c1-4-15-9-11-16(12-10-15)27-14(3)18(24-26-27)19-22-21(29-25-19)23-20(28)17-8-6-5-7-13(17)2/h5-12H,4H2,1-3H3,(H,22,23,25,28). The molecule has 4 aromatic rings. The fourth-order valence-electron chi connectivity index (χ4n) is 3.02. The van der Waals surface area contributed by atoms with E-state index < -0.39 is 0 Å². The van der Waals surface area contributed by atoms with Gasteiger partial charge in [-0.3, -0.25) is 10.1 Å². The van der Waals surface area contributed by atoms with Gasteiger partial charge >= 0.3 is 0 Å². The zero-order valence-electron chi connectivity index (χ0n) is 16.4. The number of hydrogen-bond donors (Lipinski definition) is 1. The smallest absolute Gasteiger partial charge is 0.257 e. The third-order valence-corrected chi connectivity index (χ3v) is 5.36. The summed E-state index contributed by atoms with van der Waals surface area (Å²) in [6.07, 6.45) is 0.988. The van der Waals surface area contributed by atoms with Crippen molar-refractivity contribution in [3.05, 3.63) is 70.9 Å². The molecule has 1 amide bonds. The molecule has 0 unspecified atom stereocenters. The van der Waals surface area contributed by atoms with Crippen LogP contribution in [-0.4, -0.2) is 30.3 Å². The van der Waals surface area contributed by atoms with Gasteiger partial charge in [0.25, 0.3) is 5.91 Å². The molecule has 0 spiro atoms. The van der Waals surface area contributed by atoms with Crippen molar-refractivity contribution in [3.8, 4) is 17.2 Å². The van der Waals surface area contributed by atoms with Gasteiger partial charge in [0.15, 0.2) is 11.5 Å². The minimum absolute atomic E-state index is 0.206. The lowest BCUT2D eigenvalue weighted by molar-refractivity contribution is 0.102. The van der Waals surface area contributed by atoms with E-state index in [1.54, 1.807) is 10.7 Å². The maximum absolute atomic E-state index is 12.5. The minimum Gasteiger partial charge on any atom is -0.297 e. The second-order valence-corrected chi connectivity index (χ2v) is 7.40. The number of rotatable bonds is 5. The third kappa shape index (κ3) is 3.79. The van der Waals surface area contributed by atoms with Crippen LogP contribution in [-0.2, 0) is 6.42 Å². The van der Waals surface area contributed by atoms with Gasteiger partial charge in [-0.05, 0) is 49.6 Å². The normalized spacial score (nSPS) is 10.9. The van der Waals surface area contributed by atoms with Gasteiger partial charge in [0.2, 0.25) is 5.13 Å². The monoisotopic (exact) mass is 404 g/mol. The number of benzene rings is 2. The second-order valence-electron chi connectivity index (χ2n) is 6.65. The summed E-state index contributed by atoms with van der Waals surface area (Å²) in [6, 6.07) is 15.6. The number of aromatic nitrogens is 5. The van der Waals surface area contributed by atoms with Crippen molar-refractivity contribution in [1.82, 2.24) is 24.4 Å². The Balaban J connectivity index is 1.56. The van der Waals surface area contributed by atoms with Crippen molar-refractivity contribution in [1.29, 1.82) is 0 Å². The van der Waals surface area contributed by atoms with E-state index in [1.165, 1.54) is 5.56 Å². The molecule has 0 fully saturated rings. The lowest BCUT2D eigenvalue weighted by Crippen LogP contribution is -2.13. The maximum Gasteiger partial charge on any atom is 0.257 e. The Morgan fingerprint density at radius 3 is 2.59 bits per heavy atom. The highest BCUT2D eigenvalue weighted by Gasteiger charge is 2.18. The van der Waals surface area contributed by atoms with E-state index in [1.807, 2.05) is 44.2 Å². The van der Waals surface area contributed by atoms with Crippen molar-refractivity contribution >= 4 is 22.6 Å². The van der Waals surface area contributed by atoms with Gasteiger partial charge in [0.05, 0.1) is 11.4 Å². The van der Waals surface area contributed by atoms with Crippen LogP contribution in [0.4, 0.5) is 5.13 Å². The Labute approximate surface area is 172 Å². The van der Waals surface area contributed by atoms with Crippen LogP contribution in [0.2, 0.25) is 0 Å². The van der Waals surface area contributed by atoms with Gasteiger partial charge in [-0.25, -0.2) is 4.68 Å². The maximum atomic E-state index is 12.5. The Bertz CT molecular complexity index is 1160. The zero-order chi connectivity index (χ0) is 20.4. The van der Waals surface area contributed by atoms with Crippen molar-refractivity contribution in [2.75, 3.05) is 5.32 Å². The van der Waals surface area contributed by atoms with Crippen LogP contribution in [0.1, 0.15) is 34.1 Å². The van der Waals surface area contributed by atoms with E-state index in [4.69, 9.17) is 0 Å². The summed E-state index contributed by atoms with van der Waals surface area (Å²) in [6.45, 7) is 5.95. The van der Waals surface area contributed by atoms with Gasteiger partial charge in [-0.15, -0.1) is 5.10 Å². The van der Waals surface area contributed by atoms with Crippen LogP contribution < -0.4 is 5.32 Å². The average Bonchev–Trinajstić information content (AvgIpc) is 3.34. The average molecular weight is 404 g/mol. The quantitative estimate of drug-likeness (QED) is 0.538. The number of carbonyl (C=O) groups is 1. The van der Waals surface area contributed by atoms with Crippen LogP contribution in [0.25, 0.3) is 17.2 Å². The first-order valence-electron chi connectivity index (χ1n) is 9.29. The minimum atomic E-state index is -0.206. The SMILES string of the molecule is CCc1ccc(-n2nnc(-c3nsc(NC(=O)c4ccccc4C)n3)c2C)cc1. The first kappa shape index (κ1) is 18.9. The number of anilines is 1. The number of nitrogens with one attached hydrogen (secondary N) is 1. The molecular formula is C21H20N6OS. The van der Waals surface area contributed by atoms with E-state index in [0.717, 1.165) is 34.9 Å². The first-order chi connectivity index (χ1) is 14.1. The van der Waals surface area contributed by atoms with E-state index in [-0.39, 0.29) is 5.91 Å². The van der Waals surface area contributed by atoms with E-state index >= 15 is 0 Å². The highest BCUT2D eigenvalue weighted by atomic mass is 32.1. The van der Waals surface area contributed by atoms with Gasteiger partial charge in [0.1, 0.15) is 0 Å². The molecule has 8 heteroatoms. The van der Waals surface area contributed by atoms with E-state index in [2.05, 4.69) is 44.0 Å². The van der Waals surface area contributed by atoms with Gasteiger partial charge in [-0.1, -0.05) is 42.5 Å². The largest absolute Gasteiger partial charge is 0.297 e. The number of hydrogen-bond acceptors (Lipinski definition) is 6. The summed E-state index contributed by atoms with van der Waals surface area (Å²) < 4.78 is 6.12. The van der Waals surface area contributed by atoms with Crippen LogP contribution in [0.3, 0.4) is 0 Å². The summed E-state index contributed by atoms with van der Waals surface area (Å²) in [4.78, 5) is 16.9. The summed E-state index contributed by atoms with van der Waals surface area (Å²) >= 11 is 1.12. The van der Waals surface area contributed by atoms with Crippen molar-refractivity contribution < 1.29 is 4.79 Å². The highest BCUT2D eigenvalue weighted by Crippen LogP contribution is 2.24. The number of amides is 1. The lowest BCUT2D eigenvalue weighted by Gasteiger charge is -2.04. The molecule has 0 aliphatic carbocycles. The predicted octanol–water partition coefficient (Wildman–Crippen LogP) is 4.22. The van der Waals surface area contributed by atoms with E-state index in [0.29, 0.717) is 22.2 Å².